The highest BCUT2D eigenvalue weighted by Crippen LogP contribution is 2.25. The van der Waals surface area contributed by atoms with Gasteiger partial charge in [0.25, 0.3) is 0 Å². The number of fused-ring (bicyclic) bond motifs is 1. The Kier molecular flexibility index (Phi) is 5.71. The maximum absolute atomic E-state index is 6.09. The minimum Gasteiger partial charge on any atom is -0.373 e. The molecule has 1 aromatic carbocycles. The van der Waals surface area contributed by atoms with E-state index in [1.165, 1.54) is 10.4 Å². The molecule has 7 heteroatoms. The van der Waals surface area contributed by atoms with Crippen molar-refractivity contribution in [1.82, 2.24) is 20.1 Å². The van der Waals surface area contributed by atoms with Crippen molar-refractivity contribution in [3.63, 3.8) is 0 Å². The molecule has 0 spiro atoms. The van der Waals surface area contributed by atoms with E-state index in [0.717, 1.165) is 51.0 Å². The van der Waals surface area contributed by atoms with Gasteiger partial charge in [-0.05, 0) is 12.5 Å². The number of benzene rings is 1. The molecule has 27 heavy (non-hydrogen) atoms. The fourth-order valence-corrected chi connectivity index (χ4v) is 4.65. The van der Waals surface area contributed by atoms with Gasteiger partial charge in [0, 0.05) is 38.1 Å². The summed E-state index contributed by atoms with van der Waals surface area (Å²) in [6, 6.07) is 11.1. The van der Waals surface area contributed by atoms with Crippen molar-refractivity contribution in [2.45, 2.75) is 32.2 Å². The summed E-state index contributed by atoms with van der Waals surface area (Å²) in [5.74, 6) is 0.945. The maximum atomic E-state index is 6.09. The Morgan fingerprint density at radius 3 is 2.93 bits per heavy atom. The molecule has 2 fully saturated rings. The van der Waals surface area contributed by atoms with E-state index >= 15 is 0 Å². The topological polar surface area (TPSA) is 53.0 Å². The molecule has 1 N–H and O–H groups in total. The normalized spacial score (nSPS) is 23.5. The van der Waals surface area contributed by atoms with E-state index < -0.39 is 0 Å². The lowest BCUT2D eigenvalue weighted by Gasteiger charge is -2.36. The van der Waals surface area contributed by atoms with Crippen molar-refractivity contribution in [2.24, 2.45) is 4.99 Å². The van der Waals surface area contributed by atoms with Crippen LogP contribution in [-0.2, 0) is 17.8 Å². The van der Waals surface area contributed by atoms with Crippen LogP contribution in [0.25, 0.3) is 0 Å². The number of guanidine groups is 1. The highest BCUT2D eigenvalue weighted by atomic mass is 32.1. The SMILES string of the molecule is CN=C(NCc1scnc1C)N1CC2OCCN(Cc3ccccc3)C2C1. The van der Waals surface area contributed by atoms with E-state index in [1.807, 2.05) is 12.6 Å². The molecule has 6 nitrogen and oxygen atoms in total. The number of aromatic nitrogens is 1. The van der Waals surface area contributed by atoms with Crippen LogP contribution in [0.2, 0.25) is 0 Å². The van der Waals surface area contributed by atoms with Gasteiger partial charge in [-0.3, -0.25) is 9.89 Å². The maximum Gasteiger partial charge on any atom is 0.194 e. The molecular formula is C20H27N5OS. The zero-order chi connectivity index (χ0) is 18.6. The van der Waals surface area contributed by atoms with Crippen molar-refractivity contribution in [2.75, 3.05) is 33.3 Å². The highest BCUT2D eigenvalue weighted by Gasteiger charge is 2.41. The second kappa shape index (κ2) is 8.37. The monoisotopic (exact) mass is 385 g/mol. The Labute approximate surface area is 164 Å². The lowest BCUT2D eigenvalue weighted by Crippen LogP contribution is -2.50. The Morgan fingerprint density at radius 1 is 1.33 bits per heavy atom. The first-order chi connectivity index (χ1) is 13.2. The summed E-state index contributed by atoms with van der Waals surface area (Å²) in [6.07, 6.45) is 0.242. The van der Waals surface area contributed by atoms with Gasteiger partial charge in [0.2, 0.25) is 0 Å². The van der Waals surface area contributed by atoms with Crippen LogP contribution in [0.3, 0.4) is 0 Å². The summed E-state index contributed by atoms with van der Waals surface area (Å²) in [4.78, 5) is 15.0. The van der Waals surface area contributed by atoms with Gasteiger partial charge in [-0.25, -0.2) is 4.98 Å². The predicted molar refractivity (Wildman–Crippen MR) is 109 cm³/mol. The molecule has 2 atom stereocenters. The Morgan fingerprint density at radius 2 is 2.19 bits per heavy atom. The molecule has 0 aliphatic carbocycles. The highest BCUT2D eigenvalue weighted by molar-refractivity contribution is 7.09. The van der Waals surface area contributed by atoms with Crippen LogP contribution in [0.1, 0.15) is 16.1 Å². The lowest BCUT2D eigenvalue weighted by atomic mass is 10.1. The van der Waals surface area contributed by atoms with Crippen molar-refractivity contribution in [3.05, 3.63) is 52.0 Å². The number of nitrogens with one attached hydrogen (secondary N) is 1. The van der Waals surface area contributed by atoms with E-state index in [9.17, 15) is 0 Å². The fourth-order valence-electron chi connectivity index (χ4n) is 3.93. The number of likely N-dealkylation sites (tertiary alicyclic amines) is 1. The third-order valence-electron chi connectivity index (χ3n) is 5.41. The van der Waals surface area contributed by atoms with Crippen molar-refractivity contribution >= 4 is 17.3 Å². The van der Waals surface area contributed by atoms with Gasteiger partial charge in [-0.2, -0.15) is 0 Å². The van der Waals surface area contributed by atoms with Crippen LogP contribution < -0.4 is 5.32 Å². The average molecular weight is 386 g/mol. The van der Waals surface area contributed by atoms with Crippen LogP contribution in [0.5, 0.6) is 0 Å². The number of aliphatic imine (C=N–C) groups is 1. The van der Waals surface area contributed by atoms with Crippen LogP contribution >= 0.6 is 11.3 Å². The zero-order valence-corrected chi connectivity index (χ0v) is 16.8. The van der Waals surface area contributed by atoms with E-state index in [0.29, 0.717) is 6.04 Å². The van der Waals surface area contributed by atoms with E-state index in [-0.39, 0.29) is 6.10 Å². The van der Waals surface area contributed by atoms with Crippen LogP contribution in [-0.4, -0.2) is 66.2 Å². The lowest BCUT2D eigenvalue weighted by molar-refractivity contribution is -0.0502. The largest absolute Gasteiger partial charge is 0.373 e. The van der Waals surface area contributed by atoms with Gasteiger partial charge in [0.1, 0.15) is 0 Å². The molecule has 0 radical (unpaired) electrons. The number of thiazole rings is 1. The first-order valence-electron chi connectivity index (χ1n) is 9.48. The molecule has 2 saturated heterocycles. The molecule has 144 valence electrons. The first kappa shape index (κ1) is 18.4. The first-order valence-corrected chi connectivity index (χ1v) is 10.4. The van der Waals surface area contributed by atoms with E-state index in [1.54, 1.807) is 11.3 Å². The molecule has 2 aromatic rings. The number of ether oxygens (including phenoxy) is 1. The van der Waals surface area contributed by atoms with E-state index in [2.05, 4.69) is 62.3 Å². The summed E-state index contributed by atoms with van der Waals surface area (Å²) >= 11 is 1.69. The molecule has 2 aliphatic heterocycles. The number of aryl methyl sites for hydroxylation is 1. The summed E-state index contributed by atoms with van der Waals surface area (Å²) in [6.45, 7) is 7.41. The van der Waals surface area contributed by atoms with E-state index in [4.69, 9.17) is 4.74 Å². The number of morpholine rings is 1. The third-order valence-corrected chi connectivity index (χ3v) is 6.34. The quantitative estimate of drug-likeness (QED) is 0.645. The van der Waals surface area contributed by atoms with Crippen molar-refractivity contribution in [3.8, 4) is 0 Å². The smallest absolute Gasteiger partial charge is 0.194 e. The van der Waals surface area contributed by atoms with Gasteiger partial charge in [0.05, 0.1) is 36.5 Å². The Hall–Kier alpha value is -1.96. The van der Waals surface area contributed by atoms with Gasteiger partial charge in [-0.15, -0.1) is 11.3 Å². The molecule has 0 saturated carbocycles. The number of hydrogen-bond acceptors (Lipinski definition) is 5. The molecular weight excluding hydrogens is 358 g/mol. The van der Waals surface area contributed by atoms with Crippen LogP contribution in [0, 0.1) is 6.92 Å². The molecule has 2 unspecified atom stereocenters. The second-order valence-corrected chi connectivity index (χ2v) is 8.04. The molecule has 0 amide bonds. The molecule has 1 aromatic heterocycles. The van der Waals surface area contributed by atoms with Crippen LogP contribution in [0.4, 0.5) is 0 Å². The summed E-state index contributed by atoms with van der Waals surface area (Å²) in [7, 11) is 1.85. The summed E-state index contributed by atoms with van der Waals surface area (Å²) < 4.78 is 6.09. The molecule has 3 heterocycles. The third kappa shape index (κ3) is 4.15. The van der Waals surface area contributed by atoms with Gasteiger partial charge in [0.15, 0.2) is 5.96 Å². The van der Waals surface area contributed by atoms with Gasteiger partial charge in [-0.1, -0.05) is 30.3 Å². The summed E-state index contributed by atoms with van der Waals surface area (Å²) in [5.41, 5.74) is 4.35. The number of hydrogen-bond donors (Lipinski definition) is 1. The zero-order valence-electron chi connectivity index (χ0n) is 16.0. The Balaban J connectivity index is 1.40. The standard InChI is InChI=1S/C20H27N5OS/c1-15-19(27-14-23-15)10-22-20(21-2)25-12-17-18(13-25)26-9-8-24(17)11-16-6-4-3-5-7-16/h3-7,14,17-18H,8-13H2,1-2H3,(H,21,22). The number of nitrogens with zero attached hydrogens (tertiary/aromatic N) is 4. The fraction of sp³-hybridized carbons (Fsp3) is 0.500. The minimum absolute atomic E-state index is 0.242. The average Bonchev–Trinajstić information content (AvgIpc) is 3.30. The molecule has 0 bridgehead atoms. The van der Waals surface area contributed by atoms with Crippen molar-refractivity contribution < 1.29 is 4.74 Å². The number of rotatable bonds is 4. The van der Waals surface area contributed by atoms with Crippen LogP contribution in [0.15, 0.2) is 40.8 Å². The van der Waals surface area contributed by atoms with Gasteiger partial charge < -0.3 is 15.0 Å². The Bertz CT molecular complexity index is 778. The van der Waals surface area contributed by atoms with Crippen molar-refractivity contribution in [1.29, 1.82) is 0 Å². The molecule has 4 rings (SSSR count). The van der Waals surface area contributed by atoms with Gasteiger partial charge >= 0.3 is 0 Å². The predicted octanol–water partition coefficient (Wildman–Crippen LogP) is 2.11. The molecule has 2 aliphatic rings. The summed E-state index contributed by atoms with van der Waals surface area (Å²) in [5, 5.41) is 3.50. The minimum atomic E-state index is 0.242. The second-order valence-electron chi connectivity index (χ2n) is 7.10.